The molecule has 1 N–H and O–H groups in total. The minimum absolute atomic E-state index is 0.0402. The predicted octanol–water partition coefficient (Wildman–Crippen LogP) is 3.74. The van der Waals surface area contributed by atoms with Crippen LogP contribution in [0.2, 0.25) is 5.02 Å². The van der Waals surface area contributed by atoms with Crippen LogP contribution in [0.4, 0.5) is 0 Å². The Bertz CT molecular complexity index is 460. The summed E-state index contributed by atoms with van der Waals surface area (Å²) in [5.74, 6) is 0.188. The van der Waals surface area contributed by atoms with Gasteiger partial charge in [0.1, 0.15) is 6.17 Å². The third-order valence-corrected chi connectivity index (χ3v) is 4.20. The fraction of sp³-hybridized carbons (Fsp3) is 0.562. The number of rotatable bonds is 5. The Morgan fingerprint density at radius 3 is 2.60 bits per heavy atom. The van der Waals surface area contributed by atoms with E-state index >= 15 is 0 Å². The van der Waals surface area contributed by atoms with Crippen LogP contribution in [0.25, 0.3) is 0 Å². The lowest BCUT2D eigenvalue weighted by atomic mass is 10.1. The van der Waals surface area contributed by atoms with Crippen LogP contribution in [0, 0.1) is 0 Å². The van der Waals surface area contributed by atoms with E-state index in [1.807, 2.05) is 36.1 Å². The third-order valence-electron chi connectivity index (χ3n) is 3.95. The van der Waals surface area contributed by atoms with Gasteiger partial charge < -0.3 is 4.90 Å². The number of carbonyl (C=O) groups excluding carboxylic acids is 1. The first kappa shape index (κ1) is 15.3. The van der Waals surface area contributed by atoms with Gasteiger partial charge in [0, 0.05) is 11.1 Å². The van der Waals surface area contributed by atoms with Crippen molar-refractivity contribution < 1.29 is 4.79 Å². The summed E-state index contributed by atoms with van der Waals surface area (Å²) in [6, 6.07) is 7.86. The number of nitrogens with one attached hydrogen (secondary N) is 1. The molecule has 1 aromatic rings. The first-order valence-electron chi connectivity index (χ1n) is 7.38. The van der Waals surface area contributed by atoms with E-state index in [0.717, 1.165) is 29.8 Å². The standard InChI is InChI=1S/C16H23ClN2O/c1-4-5-6-11(2)19-15(18-12(3)16(19)20)13-7-9-14(17)10-8-13/h7-12,15,18H,4-6H2,1-3H3. The maximum atomic E-state index is 12.4. The summed E-state index contributed by atoms with van der Waals surface area (Å²) >= 11 is 5.94. The van der Waals surface area contributed by atoms with Crippen molar-refractivity contribution in [3.63, 3.8) is 0 Å². The summed E-state index contributed by atoms with van der Waals surface area (Å²) in [6.07, 6.45) is 3.30. The van der Waals surface area contributed by atoms with Gasteiger partial charge in [-0.3, -0.25) is 10.1 Å². The van der Waals surface area contributed by atoms with Crippen molar-refractivity contribution in [1.82, 2.24) is 10.2 Å². The van der Waals surface area contributed by atoms with Crippen molar-refractivity contribution in [2.75, 3.05) is 0 Å². The Hall–Kier alpha value is -1.06. The quantitative estimate of drug-likeness (QED) is 0.897. The lowest BCUT2D eigenvalue weighted by molar-refractivity contribution is -0.131. The van der Waals surface area contributed by atoms with E-state index in [1.54, 1.807) is 0 Å². The maximum absolute atomic E-state index is 12.4. The van der Waals surface area contributed by atoms with Crippen LogP contribution in [-0.4, -0.2) is 22.9 Å². The summed E-state index contributed by atoms with van der Waals surface area (Å²) in [4.78, 5) is 14.4. The van der Waals surface area contributed by atoms with Gasteiger partial charge in [-0.05, 0) is 38.0 Å². The molecular weight excluding hydrogens is 272 g/mol. The second-order valence-electron chi connectivity index (χ2n) is 5.58. The Morgan fingerprint density at radius 1 is 1.35 bits per heavy atom. The molecule has 1 fully saturated rings. The molecule has 4 heteroatoms. The summed E-state index contributed by atoms with van der Waals surface area (Å²) in [7, 11) is 0. The number of halogens is 1. The number of hydrogen-bond donors (Lipinski definition) is 1. The van der Waals surface area contributed by atoms with Crippen molar-refractivity contribution in [3.05, 3.63) is 34.9 Å². The molecule has 0 spiro atoms. The van der Waals surface area contributed by atoms with Gasteiger partial charge in [-0.15, -0.1) is 0 Å². The van der Waals surface area contributed by atoms with Crippen molar-refractivity contribution in [3.8, 4) is 0 Å². The normalized spacial score (nSPS) is 24.2. The topological polar surface area (TPSA) is 32.3 Å². The number of amides is 1. The molecule has 1 heterocycles. The zero-order valence-corrected chi connectivity index (χ0v) is 13.2. The molecule has 3 nitrogen and oxygen atoms in total. The van der Waals surface area contributed by atoms with E-state index in [-0.39, 0.29) is 24.2 Å². The maximum Gasteiger partial charge on any atom is 0.241 e. The highest BCUT2D eigenvalue weighted by Crippen LogP contribution is 2.29. The number of benzene rings is 1. The Labute approximate surface area is 126 Å². The van der Waals surface area contributed by atoms with Crippen LogP contribution in [0.15, 0.2) is 24.3 Å². The van der Waals surface area contributed by atoms with Crippen molar-refractivity contribution in [1.29, 1.82) is 0 Å². The van der Waals surface area contributed by atoms with E-state index in [1.165, 1.54) is 0 Å². The van der Waals surface area contributed by atoms with Gasteiger partial charge in [-0.2, -0.15) is 0 Å². The van der Waals surface area contributed by atoms with Gasteiger partial charge in [0.15, 0.2) is 0 Å². The van der Waals surface area contributed by atoms with E-state index in [0.29, 0.717) is 0 Å². The Kier molecular flexibility index (Phi) is 5.06. The molecule has 1 saturated heterocycles. The average Bonchev–Trinajstić information content (AvgIpc) is 2.73. The van der Waals surface area contributed by atoms with Gasteiger partial charge >= 0.3 is 0 Å². The zero-order chi connectivity index (χ0) is 14.7. The van der Waals surface area contributed by atoms with Crippen LogP contribution in [0.1, 0.15) is 51.8 Å². The zero-order valence-electron chi connectivity index (χ0n) is 12.4. The Balaban J connectivity index is 2.21. The summed E-state index contributed by atoms with van der Waals surface area (Å²) in [5, 5.41) is 4.10. The second kappa shape index (κ2) is 6.59. The smallest absolute Gasteiger partial charge is 0.241 e. The lowest BCUT2D eigenvalue weighted by Crippen LogP contribution is -2.38. The molecule has 2 rings (SSSR count). The first-order chi connectivity index (χ1) is 9.54. The van der Waals surface area contributed by atoms with Gasteiger partial charge in [0.2, 0.25) is 5.91 Å². The van der Waals surface area contributed by atoms with Crippen LogP contribution in [0.5, 0.6) is 0 Å². The fourth-order valence-corrected chi connectivity index (χ4v) is 2.88. The van der Waals surface area contributed by atoms with E-state index in [4.69, 9.17) is 11.6 Å². The first-order valence-corrected chi connectivity index (χ1v) is 7.76. The van der Waals surface area contributed by atoms with Crippen LogP contribution in [0.3, 0.4) is 0 Å². The van der Waals surface area contributed by atoms with Gasteiger partial charge in [-0.25, -0.2) is 0 Å². The van der Waals surface area contributed by atoms with E-state index in [9.17, 15) is 4.79 Å². The molecule has 1 aliphatic heterocycles. The monoisotopic (exact) mass is 294 g/mol. The number of nitrogens with zero attached hydrogens (tertiary/aromatic N) is 1. The minimum Gasteiger partial charge on any atom is -0.319 e. The molecule has 3 atom stereocenters. The van der Waals surface area contributed by atoms with Crippen LogP contribution in [-0.2, 0) is 4.79 Å². The highest BCUT2D eigenvalue weighted by molar-refractivity contribution is 6.30. The second-order valence-corrected chi connectivity index (χ2v) is 6.02. The van der Waals surface area contributed by atoms with Crippen molar-refractivity contribution >= 4 is 17.5 Å². The van der Waals surface area contributed by atoms with Crippen molar-refractivity contribution in [2.24, 2.45) is 0 Å². The van der Waals surface area contributed by atoms with E-state index in [2.05, 4.69) is 19.2 Å². The molecule has 0 bridgehead atoms. The van der Waals surface area contributed by atoms with Gasteiger partial charge in [0.25, 0.3) is 0 Å². The predicted molar refractivity (Wildman–Crippen MR) is 82.6 cm³/mol. The summed E-state index contributed by atoms with van der Waals surface area (Å²) < 4.78 is 0. The van der Waals surface area contributed by atoms with Gasteiger partial charge in [0.05, 0.1) is 6.04 Å². The molecular formula is C16H23ClN2O. The average molecular weight is 295 g/mol. The molecule has 0 aliphatic carbocycles. The molecule has 110 valence electrons. The number of carbonyl (C=O) groups is 1. The molecule has 3 unspecified atom stereocenters. The van der Waals surface area contributed by atoms with Crippen molar-refractivity contribution in [2.45, 2.75) is 58.3 Å². The highest BCUT2D eigenvalue weighted by Gasteiger charge is 2.39. The van der Waals surface area contributed by atoms with Gasteiger partial charge in [-0.1, -0.05) is 43.5 Å². The molecule has 1 aliphatic rings. The molecule has 0 aromatic heterocycles. The van der Waals surface area contributed by atoms with Crippen LogP contribution < -0.4 is 5.32 Å². The summed E-state index contributed by atoms with van der Waals surface area (Å²) in [6.45, 7) is 6.24. The lowest BCUT2D eigenvalue weighted by Gasteiger charge is -2.30. The summed E-state index contributed by atoms with van der Waals surface area (Å²) in [5.41, 5.74) is 1.09. The largest absolute Gasteiger partial charge is 0.319 e. The molecule has 1 amide bonds. The van der Waals surface area contributed by atoms with Crippen LogP contribution >= 0.6 is 11.6 Å². The number of unbranched alkanes of at least 4 members (excludes halogenated alkanes) is 1. The Morgan fingerprint density at radius 2 is 2.00 bits per heavy atom. The number of hydrogen-bond acceptors (Lipinski definition) is 2. The molecule has 0 saturated carbocycles. The van der Waals surface area contributed by atoms with E-state index < -0.39 is 0 Å². The molecule has 1 aromatic carbocycles. The third kappa shape index (κ3) is 3.15. The SMILES string of the molecule is CCCCC(C)N1C(=O)C(C)NC1c1ccc(Cl)cc1. The minimum atomic E-state index is -0.125. The molecule has 0 radical (unpaired) electrons. The molecule has 20 heavy (non-hydrogen) atoms. The fourth-order valence-electron chi connectivity index (χ4n) is 2.75. The highest BCUT2D eigenvalue weighted by atomic mass is 35.5.